The van der Waals surface area contributed by atoms with Gasteiger partial charge in [0.05, 0.1) is 11.6 Å². The first-order valence-electron chi connectivity index (χ1n) is 13.6. The Labute approximate surface area is 214 Å². The summed E-state index contributed by atoms with van der Waals surface area (Å²) in [5.41, 5.74) is 8.85. The molecule has 0 radical (unpaired) electrons. The van der Waals surface area contributed by atoms with Crippen LogP contribution < -0.4 is 0 Å². The van der Waals surface area contributed by atoms with Crippen molar-refractivity contribution in [2.24, 2.45) is 11.8 Å². The highest BCUT2D eigenvalue weighted by molar-refractivity contribution is 5.40. The van der Waals surface area contributed by atoms with E-state index in [4.69, 9.17) is 0 Å². The number of rotatable bonds is 12. The molecule has 0 saturated heterocycles. The second-order valence-corrected chi connectivity index (χ2v) is 10.6. The van der Waals surface area contributed by atoms with Gasteiger partial charge in [-0.25, -0.2) is 0 Å². The number of nitrogens with zero attached hydrogens (tertiary/aromatic N) is 1. The fourth-order valence-electron chi connectivity index (χ4n) is 5.22. The molecule has 1 heteroatoms. The van der Waals surface area contributed by atoms with E-state index < -0.39 is 0 Å². The zero-order valence-electron chi connectivity index (χ0n) is 22.5. The van der Waals surface area contributed by atoms with Crippen molar-refractivity contribution >= 4 is 0 Å². The minimum atomic E-state index is 0.556. The topological polar surface area (TPSA) is 23.8 Å². The molecule has 0 N–H and O–H groups in total. The highest BCUT2D eigenvalue weighted by Crippen LogP contribution is 2.31. The quantitative estimate of drug-likeness (QED) is 0.261. The van der Waals surface area contributed by atoms with Gasteiger partial charge in [0.25, 0.3) is 0 Å². The van der Waals surface area contributed by atoms with Crippen LogP contribution in [-0.4, -0.2) is 0 Å². The van der Waals surface area contributed by atoms with Crippen LogP contribution in [0.2, 0.25) is 0 Å². The first kappa shape index (κ1) is 26.7. The lowest BCUT2D eigenvalue weighted by atomic mass is 9.80. The predicted octanol–water partition coefficient (Wildman–Crippen LogP) is 9.14. The summed E-state index contributed by atoms with van der Waals surface area (Å²) in [5.74, 6) is 1.87. The zero-order valence-corrected chi connectivity index (χ0v) is 22.5. The molecule has 3 unspecified atom stereocenters. The van der Waals surface area contributed by atoms with Crippen LogP contribution in [0.4, 0.5) is 0 Å². The van der Waals surface area contributed by atoms with E-state index in [0.717, 1.165) is 30.4 Å². The van der Waals surface area contributed by atoms with E-state index in [1.54, 1.807) is 0 Å². The highest BCUT2D eigenvalue weighted by atomic mass is 14.3. The van der Waals surface area contributed by atoms with Crippen molar-refractivity contribution < 1.29 is 0 Å². The first-order chi connectivity index (χ1) is 16.9. The Bertz CT molecular complexity index is 1080. The van der Waals surface area contributed by atoms with Gasteiger partial charge in [0, 0.05) is 0 Å². The summed E-state index contributed by atoms with van der Waals surface area (Å²) in [6, 6.07) is 27.3. The summed E-state index contributed by atoms with van der Waals surface area (Å²) in [6.07, 6.45) is 8.12. The molecule has 0 spiro atoms. The normalized spacial score (nSPS) is 13.7. The Morgan fingerprint density at radius 1 is 0.771 bits per heavy atom. The summed E-state index contributed by atoms with van der Waals surface area (Å²) in [7, 11) is 0. The molecule has 3 aromatic carbocycles. The van der Waals surface area contributed by atoms with Gasteiger partial charge >= 0.3 is 0 Å². The molecule has 184 valence electrons. The van der Waals surface area contributed by atoms with Crippen LogP contribution >= 0.6 is 0 Å². The van der Waals surface area contributed by atoms with Gasteiger partial charge in [-0.15, -0.1) is 0 Å². The molecule has 0 aliphatic rings. The summed E-state index contributed by atoms with van der Waals surface area (Å²) >= 11 is 0. The summed E-state index contributed by atoms with van der Waals surface area (Å²) < 4.78 is 0. The van der Waals surface area contributed by atoms with Crippen molar-refractivity contribution in [3.8, 4) is 6.07 Å². The average molecular weight is 466 g/mol. The third-order valence-electron chi connectivity index (χ3n) is 7.80. The van der Waals surface area contributed by atoms with Crippen LogP contribution in [0.1, 0.15) is 91.3 Å². The summed E-state index contributed by atoms with van der Waals surface area (Å²) in [4.78, 5) is 0. The molecule has 0 bridgehead atoms. The zero-order chi connectivity index (χ0) is 25.2. The number of nitriles is 1. The third-order valence-corrected chi connectivity index (χ3v) is 7.80. The van der Waals surface area contributed by atoms with Crippen LogP contribution in [0.25, 0.3) is 0 Å². The standard InChI is InChI=1S/C34H43N/c1-6-8-29(21-31-14-11-27(5)33(22-31)24-35)16-15-28-17-19-32(20-18-28)34(26(4)7-2)23-30-12-9-25(3)10-13-30/h9-14,17-20,22,26,29,34H,6-8,15-16,21,23H2,1-5H3. The summed E-state index contributed by atoms with van der Waals surface area (Å²) in [5, 5.41) is 9.39. The Morgan fingerprint density at radius 2 is 1.43 bits per heavy atom. The van der Waals surface area contributed by atoms with Crippen molar-refractivity contribution in [3.05, 3.63) is 106 Å². The number of hydrogen-bond donors (Lipinski definition) is 0. The van der Waals surface area contributed by atoms with Gasteiger partial charge in [-0.1, -0.05) is 106 Å². The van der Waals surface area contributed by atoms with E-state index >= 15 is 0 Å². The van der Waals surface area contributed by atoms with Gasteiger partial charge < -0.3 is 0 Å². The molecule has 0 aliphatic heterocycles. The minimum absolute atomic E-state index is 0.556. The van der Waals surface area contributed by atoms with E-state index in [0.29, 0.717) is 17.8 Å². The van der Waals surface area contributed by atoms with Crippen LogP contribution in [-0.2, 0) is 19.3 Å². The lowest BCUT2D eigenvalue weighted by Crippen LogP contribution is -2.12. The van der Waals surface area contributed by atoms with Gasteiger partial charge in [-0.3, -0.25) is 0 Å². The van der Waals surface area contributed by atoms with Gasteiger partial charge in [0.2, 0.25) is 0 Å². The second-order valence-electron chi connectivity index (χ2n) is 10.6. The first-order valence-corrected chi connectivity index (χ1v) is 13.6. The third kappa shape index (κ3) is 7.83. The lowest BCUT2D eigenvalue weighted by molar-refractivity contribution is 0.440. The maximum Gasteiger partial charge on any atom is 0.0994 e. The molecule has 0 aromatic heterocycles. The Hall–Kier alpha value is -2.85. The summed E-state index contributed by atoms with van der Waals surface area (Å²) in [6.45, 7) is 11.2. The molecule has 3 atom stereocenters. The minimum Gasteiger partial charge on any atom is -0.192 e. The molecule has 0 fully saturated rings. The Balaban J connectivity index is 1.65. The van der Waals surface area contributed by atoms with Gasteiger partial charge in [0.1, 0.15) is 0 Å². The maximum absolute atomic E-state index is 9.39. The number of aryl methyl sites for hydroxylation is 3. The molecule has 0 heterocycles. The molecule has 0 saturated carbocycles. The monoisotopic (exact) mass is 465 g/mol. The van der Waals surface area contributed by atoms with Crippen LogP contribution in [0.3, 0.4) is 0 Å². The van der Waals surface area contributed by atoms with Crippen molar-refractivity contribution in [1.82, 2.24) is 0 Å². The Morgan fingerprint density at radius 3 is 2.06 bits per heavy atom. The van der Waals surface area contributed by atoms with E-state index in [1.165, 1.54) is 53.5 Å². The molecule has 1 nitrogen and oxygen atoms in total. The SMILES string of the molecule is CCCC(CCc1ccc(C(Cc2ccc(C)cc2)C(C)CC)cc1)Cc1ccc(C)c(C#N)c1. The number of hydrogen-bond acceptors (Lipinski definition) is 1. The smallest absolute Gasteiger partial charge is 0.0994 e. The van der Waals surface area contributed by atoms with Crippen molar-refractivity contribution in [2.45, 2.75) is 85.5 Å². The van der Waals surface area contributed by atoms with E-state index in [9.17, 15) is 5.26 Å². The predicted molar refractivity (Wildman–Crippen MR) is 150 cm³/mol. The van der Waals surface area contributed by atoms with E-state index in [2.05, 4.69) is 100 Å². The average Bonchev–Trinajstić information content (AvgIpc) is 2.88. The highest BCUT2D eigenvalue weighted by Gasteiger charge is 2.19. The van der Waals surface area contributed by atoms with Crippen LogP contribution in [0, 0.1) is 37.0 Å². The van der Waals surface area contributed by atoms with E-state index in [-0.39, 0.29) is 0 Å². The lowest BCUT2D eigenvalue weighted by Gasteiger charge is -2.24. The van der Waals surface area contributed by atoms with Gasteiger partial charge in [-0.2, -0.15) is 5.26 Å². The molecule has 35 heavy (non-hydrogen) atoms. The molecule has 3 rings (SSSR count). The van der Waals surface area contributed by atoms with Gasteiger partial charge in [0.15, 0.2) is 0 Å². The Kier molecular flexibility index (Phi) is 10.2. The van der Waals surface area contributed by atoms with Crippen molar-refractivity contribution in [1.29, 1.82) is 5.26 Å². The van der Waals surface area contributed by atoms with Crippen molar-refractivity contribution in [2.75, 3.05) is 0 Å². The van der Waals surface area contributed by atoms with Crippen LogP contribution in [0.15, 0.2) is 66.7 Å². The molecule has 3 aromatic rings. The fraction of sp³-hybridized carbons (Fsp3) is 0.441. The molecule has 0 amide bonds. The number of benzene rings is 3. The maximum atomic E-state index is 9.39. The largest absolute Gasteiger partial charge is 0.192 e. The molecular formula is C34H43N. The fourth-order valence-corrected chi connectivity index (χ4v) is 5.22. The van der Waals surface area contributed by atoms with Crippen LogP contribution in [0.5, 0.6) is 0 Å². The molecule has 0 aliphatic carbocycles. The van der Waals surface area contributed by atoms with Gasteiger partial charge in [-0.05, 0) is 91.2 Å². The van der Waals surface area contributed by atoms with E-state index in [1.807, 2.05) is 6.92 Å². The van der Waals surface area contributed by atoms with Crippen molar-refractivity contribution in [3.63, 3.8) is 0 Å². The molecular weight excluding hydrogens is 422 g/mol. The second kappa shape index (κ2) is 13.3.